The summed E-state index contributed by atoms with van der Waals surface area (Å²) in [6.07, 6.45) is 0.277. The fourth-order valence-corrected chi connectivity index (χ4v) is 2.93. The minimum absolute atomic E-state index is 0.0249. The zero-order valence-corrected chi connectivity index (χ0v) is 13.1. The molecule has 8 heteroatoms. The second-order valence-electron chi connectivity index (χ2n) is 4.80. The molecular formula is C13H15ClN2O4S. The summed E-state index contributed by atoms with van der Waals surface area (Å²) in [5, 5.41) is 17.9. The maximum absolute atomic E-state index is 12.1. The first kappa shape index (κ1) is 17.4. The third kappa shape index (κ3) is 3.94. The van der Waals surface area contributed by atoms with Crippen molar-refractivity contribution in [2.75, 3.05) is 6.54 Å². The van der Waals surface area contributed by atoms with E-state index in [1.807, 2.05) is 6.07 Å². The minimum atomic E-state index is -3.89. The molecule has 0 radical (unpaired) electrons. The lowest BCUT2D eigenvalue weighted by Crippen LogP contribution is -2.40. The van der Waals surface area contributed by atoms with Gasteiger partial charge in [0.1, 0.15) is 6.07 Å². The number of carbonyl (C=O) groups is 1. The van der Waals surface area contributed by atoms with E-state index in [-0.39, 0.29) is 28.4 Å². The molecular weight excluding hydrogens is 316 g/mol. The number of nitriles is 1. The van der Waals surface area contributed by atoms with Gasteiger partial charge in [-0.3, -0.25) is 4.79 Å². The summed E-state index contributed by atoms with van der Waals surface area (Å²) in [5.74, 6) is -1.08. The molecule has 0 aliphatic rings. The van der Waals surface area contributed by atoms with Crippen LogP contribution in [0.3, 0.4) is 0 Å². The smallest absolute Gasteiger partial charge is 0.310 e. The summed E-state index contributed by atoms with van der Waals surface area (Å²) in [5.41, 5.74) is -1.02. The van der Waals surface area contributed by atoms with E-state index in [0.717, 1.165) is 6.07 Å². The van der Waals surface area contributed by atoms with Gasteiger partial charge in [0, 0.05) is 6.54 Å². The lowest BCUT2D eigenvalue weighted by molar-refractivity contribution is -0.147. The summed E-state index contributed by atoms with van der Waals surface area (Å²) in [6.45, 7) is 2.89. The van der Waals surface area contributed by atoms with E-state index in [9.17, 15) is 13.2 Å². The number of rotatable bonds is 6. The number of carboxylic acid groups (broad SMARTS) is 1. The molecule has 1 atom stereocenters. The summed E-state index contributed by atoms with van der Waals surface area (Å²) in [7, 11) is -3.89. The Bertz CT molecular complexity index is 697. The Morgan fingerprint density at radius 3 is 2.57 bits per heavy atom. The van der Waals surface area contributed by atoms with Gasteiger partial charge in [-0.1, -0.05) is 18.5 Å². The Morgan fingerprint density at radius 2 is 2.14 bits per heavy atom. The maximum Gasteiger partial charge on any atom is 0.310 e. The first-order valence-corrected chi connectivity index (χ1v) is 7.95. The highest BCUT2D eigenvalue weighted by Crippen LogP contribution is 2.23. The number of hydrogen-bond acceptors (Lipinski definition) is 4. The number of carboxylic acids is 1. The Kier molecular flexibility index (Phi) is 5.34. The van der Waals surface area contributed by atoms with Crippen LogP contribution >= 0.6 is 11.6 Å². The van der Waals surface area contributed by atoms with Crippen molar-refractivity contribution in [1.29, 1.82) is 5.26 Å². The van der Waals surface area contributed by atoms with Crippen LogP contribution in [0.15, 0.2) is 23.1 Å². The molecule has 0 aromatic heterocycles. The molecule has 114 valence electrons. The Balaban J connectivity index is 3.01. The van der Waals surface area contributed by atoms with Gasteiger partial charge in [0.15, 0.2) is 0 Å². The number of nitrogens with zero attached hydrogens (tertiary/aromatic N) is 1. The van der Waals surface area contributed by atoms with Gasteiger partial charge in [-0.15, -0.1) is 0 Å². The fourth-order valence-electron chi connectivity index (χ4n) is 1.44. The summed E-state index contributed by atoms with van der Waals surface area (Å²) >= 11 is 5.79. The molecule has 0 spiro atoms. The number of nitrogens with one attached hydrogen (secondary N) is 1. The first-order chi connectivity index (χ1) is 9.66. The van der Waals surface area contributed by atoms with Gasteiger partial charge in [-0.05, 0) is 31.5 Å². The zero-order chi connectivity index (χ0) is 16.3. The number of halogens is 1. The largest absolute Gasteiger partial charge is 0.481 e. The van der Waals surface area contributed by atoms with Gasteiger partial charge in [-0.25, -0.2) is 13.1 Å². The molecule has 1 aromatic rings. The van der Waals surface area contributed by atoms with E-state index < -0.39 is 21.4 Å². The number of benzene rings is 1. The monoisotopic (exact) mass is 330 g/mol. The average Bonchev–Trinajstić information content (AvgIpc) is 2.44. The van der Waals surface area contributed by atoms with Gasteiger partial charge in [-0.2, -0.15) is 5.26 Å². The molecule has 6 nitrogen and oxygen atoms in total. The molecule has 0 bridgehead atoms. The predicted octanol–water partition coefficient (Wildman–Crippen LogP) is 1.99. The van der Waals surface area contributed by atoms with Crippen LogP contribution in [0.4, 0.5) is 0 Å². The van der Waals surface area contributed by atoms with E-state index in [1.54, 1.807) is 6.92 Å². The first-order valence-electron chi connectivity index (χ1n) is 6.09. The molecule has 1 aromatic carbocycles. The van der Waals surface area contributed by atoms with Crippen molar-refractivity contribution in [3.63, 3.8) is 0 Å². The third-order valence-corrected chi connectivity index (χ3v) is 5.03. The predicted molar refractivity (Wildman–Crippen MR) is 77.4 cm³/mol. The van der Waals surface area contributed by atoms with Crippen LogP contribution in [-0.2, 0) is 14.8 Å². The summed E-state index contributed by atoms with van der Waals surface area (Å²) < 4.78 is 26.5. The van der Waals surface area contributed by atoms with Gasteiger partial charge in [0.05, 0.1) is 20.9 Å². The van der Waals surface area contributed by atoms with Crippen molar-refractivity contribution in [3.8, 4) is 6.07 Å². The van der Waals surface area contributed by atoms with E-state index in [2.05, 4.69) is 4.72 Å². The topological polar surface area (TPSA) is 107 Å². The van der Waals surface area contributed by atoms with Crippen LogP contribution in [0.25, 0.3) is 0 Å². The molecule has 0 aliphatic heterocycles. The fraction of sp³-hybridized carbons (Fsp3) is 0.385. The Labute approximate surface area is 128 Å². The number of hydrogen-bond donors (Lipinski definition) is 2. The normalized spacial score (nSPS) is 14.2. The van der Waals surface area contributed by atoms with E-state index in [4.69, 9.17) is 22.0 Å². The summed E-state index contributed by atoms with van der Waals surface area (Å²) in [6, 6.07) is 5.53. The van der Waals surface area contributed by atoms with Crippen molar-refractivity contribution in [2.24, 2.45) is 5.41 Å². The molecule has 1 unspecified atom stereocenters. The molecule has 0 saturated carbocycles. The van der Waals surface area contributed by atoms with Crippen molar-refractivity contribution >= 4 is 27.6 Å². The van der Waals surface area contributed by atoms with Crippen LogP contribution in [0.5, 0.6) is 0 Å². The number of sulfonamides is 1. The Morgan fingerprint density at radius 1 is 1.52 bits per heavy atom. The highest BCUT2D eigenvalue weighted by Gasteiger charge is 2.32. The molecule has 0 amide bonds. The second-order valence-corrected chi connectivity index (χ2v) is 6.97. The molecule has 0 fully saturated rings. The van der Waals surface area contributed by atoms with Crippen LogP contribution in [-0.4, -0.2) is 26.0 Å². The second kappa shape index (κ2) is 6.43. The summed E-state index contributed by atoms with van der Waals surface area (Å²) in [4.78, 5) is 11.0. The van der Waals surface area contributed by atoms with Crippen molar-refractivity contribution in [2.45, 2.75) is 25.2 Å². The molecule has 2 N–H and O–H groups in total. The lowest BCUT2D eigenvalue weighted by Gasteiger charge is -2.23. The van der Waals surface area contributed by atoms with E-state index in [1.165, 1.54) is 19.1 Å². The average molecular weight is 331 g/mol. The van der Waals surface area contributed by atoms with E-state index >= 15 is 0 Å². The molecule has 0 aliphatic carbocycles. The van der Waals surface area contributed by atoms with Crippen LogP contribution in [0.1, 0.15) is 25.8 Å². The third-order valence-electron chi connectivity index (χ3n) is 3.32. The highest BCUT2D eigenvalue weighted by atomic mass is 35.5. The highest BCUT2D eigenvalue weighted by molar-refractivity contribution is 7.89. The molecule has 1 rings (SSSR count). The van der Waals surface area contributed by atoms with Crippen molar-refractivity contribution in [1.82, 2.24) is 4.72 Å². The van der Waals surface area contributed by atoms with Crippen LogP contribution < -0.4 is 4.72 Å². The maximum atomic E-state index is 12.1. The molecule has 0 saturated heterocycles. The quantitative estimate of drug-likeness (QED) is 0.829. The van der Waals surface area contributed by atoms with Gasteiger partial charge < -0.3 is 5.11 Å². The molecule has 21 heavy (non-hydrogen) atoms. The lowest BCUT2D eigenvalue weighted by atomic mass is 9.88. The van der Waals surface area contributed by atoms with Gasteiger partial charge >= 0.3 is 5.97 Å². The van der Waals surface area contributed by atoms with Gasteiger partial charge in [0.2, 0.25) is 10.0 Å². The van der Waals surface area contributed by atoms with Gasteiger partial charge in [0.25, 0.3) is 0 Å². The zero-order valence-electron chi connectivity index (χ0n) is 11.6. The standard InChI is InChI=1S/C13H15ClN2O4S/c1-3-13(2,12(17)18)8-16-21(19,20)10-5-4-9(7-15)11(14)6-10/h4-6,16H,3,8H2,1-2H3,(H,17,18). The van der Waals surface area contributed by atoms with Crippen molar-refractivity contribution < 1.29 is 18.3 Å². The SMILES string of the molecule is CCC(C)(CNS(=O)(=O)c1ccc(C#N)c(Cl)c1)C(=O)O. The van der Waals surface area contributed by atoms with Crippen LogP contribution in [0, 0.1) is 16.7 Å². The van der Waals surface area contributed by atoms with Crippen LogP contribution in [0.2, 0.25) is 5.02 Å². The van der Waals surface area contributed by atoms with Crippen molar-refractivity contribution in [3.05, 3.63) is 28.8 Å². The Hall–Kier alpha value is -1.62. The molecule has 0 heterocycles. The number of aliphatic carboxylic acids is 1. The van der Waals surface area contributed by atoms with E-state index in [0.29, 0.717) is 0 Å². The minimum Gasteiger partial charge on any atom is -0.481 e.